The lowest BCUT2D eigenvalue weighted by atomic mass is 9.48. The van der Waals surface area contributed by atoms with Crippen LogP contribution in [0.25, 0.3) is 11.2 Å². The zero-order valence-corrected chi connectivity index (χ0v) is 8.98. The molecule has 0 radical (unpaired) electrons. The maximum absolute atomic E-state index is 11.8. The second kappa shape index (κ2) is 1.56. The molecule has 1 spiro atoms. The number of nitrogens with one attached hydrogen (secondary N) is 1. The highest BCUT2D eigenvalue weighted by atomic mass is 16.1. The molecule has 82 valence electrons. The smallest absolute Gasteiger partial charge is 0.280 e. The Balaban J connectivity index is 2.01. The Morgan fingerprint density at radius 2 is 2.06 bits per heavy atom. The molecule has 6 nitrogen and oxygen atoms in total. The second-order valence-electron chi connectivity index (χ2n) is 5.56. The van der Waals surface area contributed by atoms with E-state index >= 15 is 0 Å². The Morgan fingerprint density at radius 3 is 2.82 bits per heavy atom. The molecule has 0 amide bonds. The first-order valence-corrected chi connectivity index (χ1v) is 5.83. The monoisotopic (exact) mass is 225 g/mol. The van der Waals surface area contributed by atoms with Gasteiger partial charge in [0.15, 0.2) is 11.2 Å². The summed E-state index contributed by atoms with van der Waals surface area (Å²) in [4.78, 5) is 30.5. The summed E-state index contributed by atoms with van der Waals surface area (Å²) in [6.45, 7) is 2.25. The standard InChI is InChI=1S/C11H7N5O/c1-3-10-2-11(3)6-5(10)12-4-7(13-6)14-9(16(10)11)15-8(4)17/h3H,2H2,1H3,(H,13,14,15,17). The molecule has 1 aliphatic carbocycles. The summed E-state index contributed by atoms with van der Waals surface area (Å²) in [5.41, 5.74) is 2.80. The minimum atomic E-state index is -0.170. The second-order valence-corrected chi connectivity index (χ2v) is 5.56. The lowest BCUT2D eigenvalue weighted by Crippen LogP contribution is -2.84. The Morgan fingerprint density at radius 1 is 1.29 bits per heavy atom. The summed E-state index contributed by atoms with van der Waals surface area (Å²) < 4.78 is 0. The molecule has 2 aromatic heterocycles. The van der Waals surface area contributed by atoms with Crippen molar-refractivity contribution in [2.75, 3.05) is 4.90 Å². The van der Waals surface area contributed by atoms with E-state index in [1.54, 1.807) is 0 Å². The number of nitrogens with zero attached hydrogens (tertiary/aromatic N) is 4. The van der Waals surface area contributed by atoms with E-state index in [2.05, 4.69) is 31.8 Å². The van der Waals surface area contributed by atoms with Crippen molar-refractivity contribution in [2.24, 2.45) is 5.92 Å². The topological polar surface area (TPSA) is 74.8 Å². The summed E-state index contributed by atoms with van der Waals surface area (Å²) in [7, 11) is 0. The molecule has 1 saturated carbocycles. The van der Waals surface area contributed by atoms with Crippen LogP contribution in [0.2, 0.25) is 0 Å². The fourth-order valence-corrected chi connectivity index (χ4v) is 4.55. The van der Waals surface area contributed by atoms with E-state index in [-0.39, 0.29) is 16.6 Å². The van der Waals surface area contributed by atoms with Crippen LogP contribution in [0.1, 0.15) is 24.7 Å². The van der Waals surface area contributed by atoms with Crippen molar-refractivity contribution >= 4 is 17.1 Å². The van der Waals surface area contributed by atoms with Crippen LogP contribution in [0, 0.1) is 5.92 Å². The van der Waals surface area contributed by atoms with Crippen LogP contribution in [0.15, 0.2) is 4.79 Å². The first kappa shape index (κ1) is 7.37. The van der Waals surface area contributed by atoms with Crippen molar-refractivity contribution < 1.29 is 0 Å². The van der Waals surface area contributed by atoms with Crippen molar-refractivity contribution in [2.45, 2.75) is 24.4 Å². The summed E-state index contributed by atoms with van der Waals surface area (Å²) in [5, 5.41) is 0. The molecule has 2 aromatic rings. The highest BCUT2D eigenvalue weighted by molar-refractivity contribution is 5.82. The number of hydrogen-bond donors (Lipinski definition) is 1. The normalized spacial score (nSPS) is 41.0. The van der Waals surface area contributed by atoms with E-state index in [0.29, 0.717) is 23.0 Å². The molecule has 7 rings (SSSR count). The summed E-state index contributed by atoms with van der Waals surface area (Å²) in [6, 6.07) is 0. The highest BCUT2D eigenvalue weighted by Gasteiger charge is 2.90. The van der Waals surface area contributed by atoms with Crippen molar-refractivity contribution in [1.82, 2.24) is 19.9 Å². The number of H-pyrrole nitrogens is 1. The van der Waals surface area contributed by atoms with Gasteiger partial charge < -0.3 is 4.90 Å². The van der Waals surface area contributed by atoms with Gasteiger partial charge in [0.25, 0.3) is 5.56 Å². The maximum Gasteiger partial charge on any atom is 0.280 e. The van der Waals surface area contributed by atoms with E-state index in [9.17, 15) is 4.79 Å². The van der Waals surface area contributed by atoms with Gasteiger partial charge in [0.1, 0.15) is 0 Å². The molecule has 6 heteroatoms. The Labute approximate surface area is 94.7 Å². The van der Waals surface area contributed by atoms with Gasteiger partial charge in [-0.3, -0.25) is 9.78 Å². The molecule has 0 aromatic carbocycles. The van der Waals surface area contributed by atoms with Gasteiger partial charge in [0, 0.05) is 12.3 Å². The minimum Gasteiger partial charge on any atom is -0.319 e. The third kappa shape index (κ3) is 0.391. The number of hydrogen-bond acceptors (Lipinski definition) is 5. The van der Waals surface area contributed by atoms with Gasteiger partial charge in [0.2, 0.25) is 5.95 Å². The van der Waals surface area contributed by atoms with Crippen LogP contribution in [0.4, 0.5) is 5.95 Å². The number of anilines is 1. The molecular weight excluding hydrogens is 218 g/mol. The van der Waals surface area contributed by atoms with Gasteiger partial charge in [-0.2, -0.15) is 4.98 Å². The van der Waals surface area contributed by atoms with Crippen LogP contribution >= 0.6 is 0 Å². The van der Waals surface area contributed by atoms with Gasteiger partial charge >= 0.3 is 0 Å². The van der Waals surface area contributed by atoms with Gasteiger partial charge in [-0.05, 0) is 0 Å². The highest BCUT2D eigenvalue weighted by Crippen LogP contribution is 2.83. The molecule has 3 fully saturated rings. The fourth-order valence-electron chi connectivity index (χ4n) is 4.55. The Hall–Kier alpha value is -1.98. The molecule has 3 atom stereocenters. The third-order valence-electron chi connectivity index (χ3n) is 5.33. The number of aromatic amines is 1. The average Bonchev–Trinajstić information content (AvgIpc) is 2.78. The molecule has 2 saturated heterocycles. The Kier molecular flexibility index (Phi) is 0.676. The van der Waals surface area contributed by atoms with E-state index in [1.165, 1.54) is 0 Å². The number of rotatable bonds is 0. The average molecular weight is 225 g/mol. The summed E-state index contributed by atoms with van der Waals surface area (Å²) >= 11 is 0. The van der Waals surface area contributed by atoms with Gasteiger partial charge in [0.05, 0.1) is 22.5 Å². The largest absolute Gasteiger partial charge is 0.319 e. The zero-order chi connectivity index (χ0) is 11.2. The minimum absolute atomic E-state index is 0.0113. The van der Waals surface area contributed by atoms with Gasteiger partial charge in [-0.15, -0.1) is 0 Å². The fraction of sp³-hybridized carbons (Fsp3) is 0.455. The van der Waals surface area contributed by atoms with Gasteiger partial charge in [-0.1, -0.05) is 6.92 Å². The SMILES string of the molecule is CC1C23CC14c1nc5c(=O)[nH]c(nc5nc12)N34. The third-order valence-corrected chi connectivity index (χ3v) is 5.33. The molecular formula is C11H7N5O. The number of fused-ring (bicyclic) bond motifs is 1. The molecule has 6 bridgehead atoms. The van der Waals surface area contributed by atoms with Gasteiger partial charge in [-0.25, -0.2) is 9.97 Å². The molecule has 6 heterocycles. The first-order chi connectivity index (χ1) is 8.19. The lowest BCUT2D eigenvalue weighted by Gasteiger charge is -2.75. The van der Waals surface area contributed by atoms with E-state index in [4.69, 9.17) is 0 Å². The van der Waals surface area contributed by atoms with Crippen LogP contribution < -0.4 is 10.5 Å². The van der Waals surface area contributed by atoms with Crippen LogP contribution in [-0.4, -0.2) is 19.9 Å². The first-order valence-electron chi connectivity index (χ1n) is 5.83. The molecule has 1 N–H and O–H groups in total. The van der Waals surface area contributed by atoms with Crippen molar-refractivity contribution in [1.29, 1.82) is 0 Å². The van der Waals surface area contributed by atoms with Crippen LogP contribution in [-0.2, 0) is 11.1 Å². The molecule has 4 aliphatic heterocycles. The summed E-state index contributed by atoms with van der Waals surface area (Å²) in [6.07, 6.45) is 1.09. The maximum atomic E-state index is 11.8. The molecule has 3 unspecified atom stereocenters. The zero-order valence-electron chi connectivity index (χ0n) is 8.98. The Bertz CT molecular complexity index is 842. The van der Waals surface area contributed by atoms with Crippen LogP contribution in [0.3, 0.4) is 0 Å². The quantitative estimate of drug-likeness (QED) is 0.682. The lowest BCUT2D eigenvalue weighted by molar-refractivity contribution is -0.109. The molecule has 5 aliphatic rings. The van der Waals surface area contributed by atoms with E-state index in [1.807, 2.05) is 0 Å². The van der Waals surface area contributed by atoms with Crippen LogP contribution in [0.5, 0.6) is 0 Å². The summed E-state index contributed by atoms with van der Waals surface area (Å²) in [5.74, 6) is 1.23. The van der Waals surface area contributed by atoms with E-state index in [0.717, 1.165) is 17.8 Å². The van der Waals surface area contributed by atoms with Crippen molar-refractivity contribution in [3.63, 3.8) is 0 Å². The molecule has 17 heavy (non-hydrogen) atoms. The van der Waals surface area contributed by atoms with Crippen molar-refractivity contribution in [3.05, 3.63) is 21.7 Å². The van der Waals surface area contributed by atoms with Crippen molar-refractivity contribution in [3.8, 4) is 0 Å². The predicted octanol–water partition coefficient (Wildman–Crippen LogP) is -0.00930. The number of aromatic nitrogens is 4. The predicted molar refractivity (Wildman–Crippen MR) is 57.6 cm³/mol. The van der Waals surface area contributed by atoms with E-state index < -0.39 is 0 Å².